The number of para-hydroxylation sites is 1. The number of amides is 1. The molecule has 1 heterocycles. The Bertz CT molecular complexity index is 1230. The Morgan fingerprint density at radius 3 is 2.62 bits per heavy atom. The molecular formula is C34H47N3O3. The van der Waals surface area contributed by atoms with Gasteiger partial charge in [0.15, 0.2) is 11.5 Å². The predicted molar refractivity (Wildman–Crippen MR) is 164 cm³/mol. The molecule has 1 aliphatic carbocycles. The number of nitrogens with one attached hydrogen (secondary N) is 2. The first-order chi connectivity index (χ1) is 19.7. The lowest BCUT2D eigenvalue weighted by Gasteiger charge is -2.21. The van der Waals surface area contributed by atoms with Crippen LogP contribution in [0.25, 0.3) is 10.9 Å². The van der Waals surface area contributed by atoms with Gasteiger partial charge in [-0.15, -0.1) is 0 Å². The van der Waals surface area contributed by atoms with Crippen LogP contribution in [0.2, 0.25) is 0 Å². The highest BCUT2D eigenvalue weighted by Gasteiger charge is 2.17. The van der Waals surface area contributed by atoms with Crippen molar-refractivity contribution in [2.45, 2.75) is 96.9 Å². The van der Waals surface area contributed by atoms with Crippen molar-refractivity contribution < 1.29 is 14.3 Å². The summed E-state index contributed by atoms with van der Waals surface area (Å²) in [5, 5.41) is 8.04. The van der Waals surface area contributed by atoms with Crippen LogP contribution >= 0.6 is 0 Å². The highest BCUT2D eigenvalue weighted by molar-refractivity contribution is 5.93. The number of anilines is 1. The molecule has 6 nitrogen and oxygen atoms in total. The summed E-state index contributed by atoms with van der Waals surface area (Å²) >= 11 is 0. The number of hydrogen-bond donors (Lipinski definition) is 2. The number of unbranched alkanes of at least 4 members (excludes halogenated alkanes) is 6. The monoisotopic (exact) mass is 545 g/mol. The van der Waals surface area contributed by atoms with E-state index in [4.69, 9.17) is 14.5 Å². The lowest BCUT2D eigenvalue weighted by Crippen LogP contribution is -2.22. The summed E-state index contributed by atoms with van der Waals surface area (Å²) < 4.78 is 11.6. The molecule has 3 aromatic rings. The Balaban J connectivity index is 1.15. The fraction of sp³-hybridized carbons (Fsp3) is 0.529. The number of benzene rings is 2. The van der Waals surface area contributed by atoms with Crippen molar-refractivity contribution in [3.63, 3.8) is 0 Å². The van der Waals surface area contributed by atoms with Gasteiger partial charge in [0, 0.05) is 36.3 Å². The van der Waals surface area contributed by atoms with Crippen LogP contribution in [0.15, 0.2) is 42.5 Å². The van der Waals surface area contributed by atoms with E-state index in [-0.39, 0.29) is 5.91 Å². The van der Waals surface area contributed by atoms with Crippen LogP contribution in [0.1, 0.15) is 94.4 Å². The molecule has 1 aromatic heterocycles. The average Bonchev–Trinajstić information content (AvgIpc) is 2.99. The van der Waals surface area contributed by atoms with E-state index in [0.29, 0.717) is 25.3 Å². The van der Waals surface area contributed by atoms with Gasteiger partial charge in [0.2, 0.25) is 5.91 Å². The molecular weight excluding hydrogens is 498 g/mol. The summed E-state index contributed by atoms with van der Waals surface area (Å²) in [4.78, 5) is 17.0. The molecule has 216 valence electrons. The van der Waals surface area contributed by atoms with E-state index in [2.05, 4.69) is 41.8 Å². The number of methoxy groups -OCH3 is 1. The Hall–Kier alpha value is -3.28. The third-order valence-corrected chi connectivity index (χ3v) is 7.77. The van der Waals surface area contributed by atoms with Crippen molar-refractivity contribution in [2.24, 2.45) is 0 Å². The highest BCUT2D eigenvalue weighted by atomic mass is 16.5. The highest BCUT2D eigenvalue weighted by Crippen LogP contribution is 2.33. The number of fused-ring (bicyclic) bond motifs is 2. The zero-order chi connectivity index (χ0) is 28.0. The van der Waals surface area contributed by atoms with Gasteiger partial charge >= 0.3 is 0 Å². The molecule has 0 aliphatic heterocycles. The summed E-state index contributed by atoms with van der Waals surface area (Å²) in [7, 11) is 1.66. The Morgan fingerprint density at radius 2 is 1.75 bits per heavy atom. The molecule has 1 amide bonds. The second kappa shape index (κ2) is 16.1. The standard InChI is InChI=1S/C34H47N3O3/c1-3-4-5-8-19-33(38)36-25-26-20-21-31(32(24-26)39-2)40-23-14-7-6-13-22-35-34-27-15-9-11-17-29(27)37-30-18-12-10-16-28(30)34/h9,11,15,17,20-21,24H,3-8,10,12-14,16,18-19,22-23,25H2,1-2H3,(H,35,37)(H,36,38). The Labute approximate surface area is 240 Å². The summed E-state index contributed by atoms with van der Waals surface area (Å²) in [6.07, 6.45) is 14.2. The maximum Gasteiger partial charge on any atom is 0.220 e. The zero-order valence-corrected chi connectivity index (χ0v) is 24.5. The summed E-state index contributed by atoms with van der Waals surface area (Å²) in [6.45, 7) is 4.33. The number of nitrogens with zero attached hydrogens (tertiary/aromatic N) is 1. The van der Waals surface area contributed by atoms with Crippen molar-refractivity contribution in [3.05, 3.63) is 59.3 Å². The lowest BCUT2D eigenvalue weighted by molar-refractivity contribution is -0.121. The SMILES string of the molecule is CCCCCCC(=O)NCc1ccc(OCCCCCCNc2c3c(nc4ccccc24)CCCC3)c(OC)c1. The first-order valence-electron chi connectivity index (χ1n) is 15.4. The van der Waals surface area contributed by atoms with Crippen molar-refractivity contribution in [1.82, 2.24) is 10.3 Å². The normalized spacial score (nSPS) is 12.7. The minimum atomic E-state index is 0.110. The molecule has 2 N–H and O–H groups in total. The second-order valence-electron chi connectivity index (χ2n) is 10.9. The quantitative estimate of drug-likeness (QED) is 0.170. The third kappa shape index (κ3) is 8.61. The van der Waals surface area contributed by atoms with Gasteiger partial charge in [0.1, 0.15) is 0 Å². The molecule has 6 heteroatoms. The molecule has 0 spiro atoms. The molecule has 1 aliphatic rings. The number of carbonyl (C=O) groups excluding carboxylic acids is 1. The smallest absolute Gasteiger partial charge is 0.220 e. The number of aromatic nitrogens is 1. The number of carbonyl (C=O) groups is 1. The molecule has 0 saturated carbocycles. The fourth-order valence-electron chi connectivity index (χ4n) is 5.49. The van der Waals surface area contributed by atoms with Gasteiger partial charge in [-0.1, -0.05) is 63.3 Å². The largest absolute Gasteiger partial charge is 0.493 e. The minimum absolute atomic E-state index is 0.110. The Morgan fingerprint density at radius 1 is 0.925 bits per heavy atom. The van der Waals surface area contributed by atoms with E-state index >= 15 is 0 Å². The van der Waals surface area contributed by atoms with Gasteiger partial charge < -0.3 is 20.1 Å². The maximum absolute atomic E-state index is 12.1. The second-order valence-corrected chi connectivity index (χ2v) is 10.9. The van der Waals surface area contributed by atoms with Crippen LogP contribution < -0.4 is 20.1 Å². The van der Waals surface area contributed by atoms with E-state index in [0.717, 1.165) is 74.7 Å². The molecule has 0 fully saturated rings. The fourth-order valence-corrected chi connectivity index (χ4v) is 5.49. The van der Waals surface area contributed by atoms with Crippen LogP contribution in [-0.2, 0) is 24.2 Å². The number of aryl methyl sites for hydroxylation is 1. The van der Waals surface area contributed by atoms with Gasteiger partial charge in [-0.2, -0.15) is 0 Å². The molecule has 0 unspecified atom stereocenters. The zero-order valence-electron chi connectivity index (χ0n) is 24.5. The van der Waals surface area contributed by atoms with E-state index < -0.39 is 0 Å². The predicted octanol–water partition coefficient (Wildman–Crippen LogP) is 7.76. The summed E-state index contributed by atoms with van der Waals surface area (Å²) in [5.74, 6) is 1.58. The van der Waals surface area contributed by atoms with Crippen LogP contribution in [0, 0.1) is 0 Å². The van der Waals surface area contributed by atoms with Gasteiger partial charge in [-0.25, -0.2) is 0 Å². The molecule has 40 heavy (non-hydrogen) atoms. The topological polar surface area (TPSA) is 72.5 Å². The van der Waals surface area contributed by atoms with Crippen LogP contribution in [0.5, 0.6) is 11.5 Å². The minimum Gasteiger partial charge on any atom is -0.493 e. The van der Waals surface area contributed by atoms with E-state index in [1.807, 2.05) is 18.2 Å². The molecule has 0 atom stereocenters. The van der Waals surface area contributed by atoms with Crippen LogP contribution in [-0.4, -0.2) is 31.2 Å². The van der Waals surface area contributed by atoms with E-state index in [9.17, 15) is 4.79 Å². The lowest BCUT2D eigenvalue weighted by atomic mass is 9.92. The van der Waals surface area contributed by atoms with Crippen molar-refractivity contribution >= 4 is 22.5 Å². The average molecular weight is 546 g/mol. The Kier molecular flexibility index (Phi) is 12.0. The van der Waals surface area contributed by atoms with Gasteiger partial charge in [0.25, 0.3) is 0 Å². The first-order valence-corrected chi connectivity index (χ1v) is 15.4. The number of pyridine rings is 1. The number of ether oxygens (including phenoxy) is 2. The van der Waals surface area contributed by atoms with Crippen molar-refractivity contribution in [2.75, 3.05) is 25.6 Å². The van der Waals surface area contributed by atoms with E-state index in [1.165, 1.54) is 48.0 Å². The van der Waals surface area contributed by atoms with Crippen LogP contribution in [0.4, 0.5) is 5.69 Å². The summed E-state index contributed by atoms with van der Waals surface area (Å²) in [5.41, 5.74) is 6.15. The van der Waals surface area contributed by atoms with Gasteiger partial charge in [0.05, 0.1) is 19.2 Å². The molecule has 0 saturated heterocycles. The van der Waals surface area contributed by atoms with Crippen LogP contribution in [0.3, 0.4) is 0 Å². The molecule has 0 radical (unpaired) electrons. The van der Waals surface area contributed by atoms with Crippen molar-refractivity contribution in [1.29, 1.82) is 0 Å². The third-order valence-electron chi connectivity index (χ3n) is 7.77. The summed E-state index contributed by atoms with van der Waals surface area (Å²) in [6, 6.07) is 14.4. The van der Waals surface area contributed by atoms with Gasteiger partial charge in [-0.05, 0) is 74.3 Å². The van der Waals surface area contributed by atoms with Gasteiger partial charge in [-0.3, -0.25) is 9.78 Å². The maximum atomic E-state index is 12.1. The number of hydrogen-bond acceptors (Lipinski definition) is 5. The molecule has 4 rings (SSSR count). The molecule has 2 aromatic carbocycles. The van der Waals surface area contributed by atoms with E-state index in [1.54, 1.807) is 7.11 Å². The first kappa shape index (κ1) is 29.7. The molecule has 0 bridgehead atoms. The number of rotatable bonds is 17. The van der Waals surface area contributed by atoms with Crippen molar-refractivity contribution in [3.8, 4) is 11.5 Å².